The Kier molecular flexibility index (Phi) is 6.79. The first-order valence-corrected chi connectivity index (χ1v) is 9.03. The molecule has 2 aliphatic rings. The van der Waals surface area contributed by atoms with Gasteiger partial charge in [0.2, 0.25) is 0 Å². The van der Waals surface area contributed by atoms with E-state index in [0.717, 1.165) is 30.1 Å². The first-order chi connectivity index (χ1) is 10.1. The molecule has 0 amide bonds. The predicted molar refractivity (Wildman–Crippen MR) is 87.2 cm³/mol. The molecule has 120 valence electrons. The normalized spacial score (nSPS) is 34.1. The Morgan fingerprint density at radius 2 is 1.38 bits per heavy atom. The van der Waals surface area contributed by atoms with Crippen LogP contribution in [-0.4, -0.2) is 11.1 Å². The second-order valence-electron chi connectivity index (χ2n) is 7.57. The predicted octanol–water partition coefficient (Wildman–Crippen LogP) is 5.43. The zero-order valence-corrected chi connectivity index (χ0v) is 13.6. The molecule has 2 nitrogen and oxygen atoms in total. The molecule has 1 N–H and O–H groups in total. The molecule has 0 heterocycles. The lowest BCUT2D eigenvalue weighted by Gasteiger charge is -2.31. The summed E-state index contributed by atoms with van der Waals surface area (Å²) >= 11 is 0. The molecule has 0 aromatic heterocycles. The van der Waals surface area contributed by atoms with Crippen LogP contribution in [0.1, 0.15) is 77.6 Å². The standard InChI is InChI=1S/C19H32O2/c1-15-5-7-17(8-6-15)13-14-18-11-9-16(10-12-18)3-2-4-19(20)21/h2,4,15-18H,3,5-14H2,1H3,(H,20,21)/b4-2+. The molecular weight excluding hydrogens is 260 g/mol. The molecule has 2 rings (SSSR count). The molecular formula is C19H32O2. The Morgan fingerprint density at radius 3 is 1.90 bits per heavy atom. The molecule has 0 aromatic rings. The van der Waals surface area contributed by atoms with Crippen molar-refractivity contribution in [3.05, 3.63) is 12.2 Å². The first-order valence-electron chi connectivity index (χ1n) is 9.03. The highest BCUT2D eigenvalue weighted by molar-refractivity contribution is 5.79. The Hall–Kier alpha value is -0.790. The monoisotopic (exact) mass is 292 g/mol. The quantitative estimate of drug-likeness (QED) is 0.663. The van der Waals surface area contributed by atoms with E-state index < -0.39 is 5.97 Å². The van der Waals surface area contributed by atoms with E-state index in [1.54, 1.807) is 0 Å². The van der Waals surface area contributed by atoms with Gasteiger partial charge in [0.15, 0.2) is 0 Å². The van der Waals surface area contributed by atoms with Crippen molar-refractivity contribution in [3.63, 3.8) is 0 Å². The van der Waals surface area contributed by atoms with E-state index in [-0.39, 0.29) is 0 Å². The van der Waals surface area contributed by atoms with Crippen molar-refractivity contribution in [2.24, 2.45) is 23.7 Å². The van der Waals surface area contributed by atoms with Crippen LogP contribution in [0, 0.1) is 23.7 Å². The molecule has 0 aromatic carbocycles. The molecule has 2 fully saturated rings. The van der Waals surface area contributed by atoms with Crippen molar-refractivity contribution in [3.8, 4) is 0 Å². The highest BCUT2D eigenvalue weighted by atomic mass is 16.4. The minimum atomic E-state index is -0.814. The Balaban J connectivity index is 1.57. The minimum Gasteiger partial charge on any atom is -0.478 e. The van der Waals surface area contributed by atoms with Crippen LogP contribution >= 0.6 is 0 Å². The number of hydrogen-bond donors (Lipinski definition) is 1. The Morgan fingerprint density at radius 1 is 0.905 bits per heavy atom. The number of rotatable bonds is 6. The molecule has 2 saturated carbocycles. The zero-order chi connectivity index (χ0) is 15.1. The minimum absolute atomic E-state index is 0.729. The van der Waals surface area contributed by atoms with Gasteiger partial charge in [-0.15, -0.1) is 0 Å². The van der Waals surface area contributed by atoms with Crippen LogP contribution in [-0.2, 0) is 4.79 Å². The topological polar surface area (TPSA) is 37.3 Å². The maximum absolute atomic E-state index is 10.5. The molecule has 21 heavy (non-hydrogen) atoms. The van der Waals surface area contributed by atoms with Crippen LogP contribution in [0.15, 0.2) is 12.2 Å². The van der Waals surface area contributed by atoms with E-state index in [2.05, 4.69) is 6.92 Å². The second-order valence-corrected chi connectivity index (χ2v) is 7.57. The smallest absolute Gasteiger partial charge is 0.327 e. The van der Waals surface area contributed by atoms with Crippen molar-refractivity contribution in [1.29, 1.82) is 0 Å². The lowest BCUT2D eigenvalue weighted by Crippen LogP contribution is -2.17. The lowest BCUT2D eigenvalue weighted by atomic mass is 9.75. The van der Waals surface area contributed by atoms with Crippen LogP contribution < -0.4 is 0 Å². The van der Waals surface area contributed by atoms with Gasteiger partial charge in [-0.25, -0.2) is 4.79 Å². The van der Waals surface area contributed by atoms with Crippen molar-refractivity contribution in [1.82, 2.24) is 0 Å². The van der Waals surface area contributed by atoms with Gasteiger partial charge in [-0.2, -0.15) is 0 Å². The van der Waals surface area contributed by atoms with Crippen molar-refractivity contribution in [2.45, 2.75) is 77.6 Å². The van der Waals surface area contributed by atoms with Gasteiger partial charge in [-0.05, 0) is 42.9 Å². The maximum atomic E-state index is 10.5. The first kappa shape index (κ1) is 16.6. The van der Waals surface area contributed by atoms with Crippen molar-refractivity contribution in [2.75, 3.05) is 0 Å². The van der Waals surface area contributed by atoms with Crippen LogP contribution in [0.3, 0.4) is 0 Å². The zero-order valence-electron chi connectivity index (χ0n) is 13.6. The van der Waals surface area contributed by atoms with Crippen molar-refractivity contribution < 1.29 is 9.90 Å². The van der Waals surface area contributed by atoms with Gasteiger partial charge in [-0.3, -0.25) is 0 Å². The van der Waals surface area contributed by atoms with Gasteiger partial charge in [0.25, 0.3) is 0 Å². The van der Waals surface area contributed by atoms with E-state index in [9.17, 15) is 4.79 Å². The number of carbonyl (C=O) groups is 1. The highest BCUT2D eigenvalue weighted by Crippen LogP contribution is 2.37. The molecule has 0 spiro atoms. The maximum Gasteiger partial charge on any atom is 0.327 e. The summed E-state index contributed by atoms with van der Waals surface area (Å²) < 4.78 is 0. The summed E-state index contributed by atoms with van der Waals surface area (Å²) in [5, 5.41) is 8.61. The second kappa shape index (κ2) is 8.60. The van der Waals surface area contributed by atoms with Gasteiger partial charge >= 0.3 is 5.97 Å². The summed E-state index contributed by atoms with van der Waals surface area (Å²) in [4.78, 5) is 10.5. The largest absolute Gasteiger partial charge is 0.478 e. The molecule has 0 radical (unpaired) electrons. The number of hydrogen-bond acceptors (Lipinski definition) is 1. The van der Waals surface area contributed by atoms with Gasteiger partial charge < -0.3 is 5.11 Å². The third-order valence-electron chi connectivity index (χ3n) is 5.81. The van der Waals surface area contributed by atoms with E-state index in [0.29, 0.717) is 0 Å². The fourth-order valence-electron chi connectivity index (χ4n) is 4.21. The molecule has 2 heteroatoms. The molecule has 0 aliphatic heterocycles. The van der Waals surface area contributed by atoms with Gasteiger partial charge in [0, 0.05) is 6.08 Å². The van der Waals surface area contributed by atoms with E-state index in [1.165, 1.54) is 70.3 Å². The van der Waals surface area contributed by atoms with Gasteiger partial charge in [0.1, 0.15) is 0 Å². The summed E-state index contributed by atoms with van der Waals surface area (Å²) in [6.45, 7) is 2.40. The number of carboxylic acids is 1. The summed E-state index contributed by atoms with van der Waals surface area (Å²) in [7, 11) is 0. The lowest BCUT2D eigenvalue weighted by molar-refractivity contribution is -0.131. The molecule has 0 atom stereocenters. The average Bonchev–Trinajstić information content (AvgIpc) is 2.48. The molecule has 0 bridgehead atoms. The Labute approximate surface area is 130 Å². The third kappa shape index (κ3) is 6.23. The van der Waals surface area contributed by atoms with E-state index in [4.69, 9.17) is 5.11 Å². The third-order valence-corrected chi connectivity index (χ3v) is 5.81. The number of allylic oxidation sites excluding steroid dienone is 1. The number of aliphatic carboxylic acids is 1. The average molecular weight is 292 g/mol. The van der Waals surface area contributed by atoms with Gasteiger partial charge in [-0.1, -0.05) is 64.4 Å². The number of carboxylic acid groups (broad SMARTS) is 1. The van der Waals surface area contributed by atoms with Crippen LogP contribution in [0.5, 0.6) is 0 Å². The highest BCUT2D eigenvalue weighted by Gasteiger charge is 2.23. The molecule has 0 saturated heterocycles. The van der Waals surface area contributed by atoms with Crippen LogP contribution in [0.25, 0.3) is 0 Å². The fourth-order valence-corrected chi connectivity index (χ4v) is 4.21. The van der Waals surface area contributed by atoms with E-state index >= 15 is 0 Å². The summed E-state index contributed by atoms with van der Waals surface area (Å²) in [6.07, 6.45) is 18.2. The fraction of sp³-hybridized carbons (Fsp3) is 0.842. The summed E-state index contributed by atoms with van der Waals surface area (Å²) in [5.74, 6) is 2.84. The molecule has 2 aliphatic carbocycles. The summed E-state index contributed by atoms with van der Waals surface area (Å²) in [5.41, 5.74) is 0. The van der Waals surface area contributed by atoms with Crippen LogP contribution in [0.4, 0.5) is 0 Å². The molecule has 0 unspecified atom stereocenters. The SMILES string of the molecule is CC1CCC(CCC2CCC(C/C=C/C(=O)O)CC2)CC1. The van der Waals surface area contributed by atoms with E-state index in [1.807, 2.05) is 6.08 Å². The van der Waals surface area contributed by atoms with Crippen LogP contribution in [0.2, 0.25) is 0 Å². The summed E-state index contributed by atoms with van der Waals surface area (Å²) in [6, 6.07) is 0. The Bertz CT molecular complexity index is 331. The van der Waals surface area contributed by atoms with Crippen molar-refractivity contribution >= 4 is 5.97 Å². The van der Waals surface area contributed by atoms with Gasteiger partial charge in [0.05, 0.1) is 0 Å².